The van der Waals surface area contributed by atoms with Crippen LogP contribution in [-0.2, 0) is 24.7 Å². The van der Waals surface area contributed by atoms with E-state index in [-0.39, 0.29) is 17.9 Å². The maximum absolute atomic E-state index is 12.7. The number of carbonyl (C=O) groups is 2. The molecule has 1 aliphatic heterocycles. The topological polar surface area (TPSA) is 97.4 Å². The highest BCUT2D eigenvalue weighted by Gasteiger charge is 2.30. The van der Waals surface area contributed by atoms with E-state index in [0.717, 1.165) is 19.3 Å². The van der Waals surface area contributed by atoms with Crippen LogP contribution in [0, 0.1) is 5.92 Å². The highest BCUT2D eigenvalue weighted by Crippen LogP contribution is 2.19. The Hall–Kier alpha value is -2.71. The zero-order valence-electron chi connectivity index (χ0n) is 17.7. The molecule has 1 saturated heterocycles. The number of nitrogens with zero attached hydrogens (tertiary/aromatic N) is 6. The lowest BCUT2D eigenvalue weighted by atomic mass is 10.0. The summed E-state index contributed by atoms with van der Waals surface area (Å²) in [5.74, 6) is 1.60. The summed E-state index contributed by atoms with van der Waals surface area (Å²) in [4.78, 5) is 37.2. The molecule has 2 amide bonds. The van der Waals surface area contributed by atoms with Crippen LogP contribution in [0.4, 0.5) is 0 Å². The van der Waals surface area contributed by atoms with Crippen LogP contribution in [0.3, 0.4) is 0 Å². The zero-order chi connectivity index (χ0) is 21.0. The maximum Gasteiger partial charge on any atom is 0.274 e. The predicted molar refractivity (Wildman–Crippen MR) is 106 cm³/mol. The SMILES string of the molecule is CC(=O)N(CCc1noc(CC(C)C)n1)C1CCCN(C(=O)c2cn(C)cn2)C1. The van der Waals surface area contributed by atoms with Crippen molar-refractivity contribution < 1.29 is 14.1 Å². The van der Waals surface area contributed by atoms with Gasteiger partial charge >= 0.3 is 0 Å². The molecule has 9 nitrogen and oxygen atoms in total. The fourth-order valence-electron chi connectivity index (χ4n) is 3.72. The van der Waals surface area contributed by atoms with E-state index in [1.54, 1.807) is 28.9 Å². The van der Waals surface area contributed by atoms with Gasteiger partial charge in [0.1, 0.15) is 5.69 Å². The van der Waals surface area contributed by atoms with Crippen LogP contribution in [0.25, 0.3) is 0 Å². The smallest absolute Gasteiger partial charge is 0.274 e. The Morgan fingerprint density at radius 2 is 2.17 bits per heavy atom. The molecular weight excluding hydrogens is 372 g/mol. The molecule has 2 aromatic rings. The van der Waals surface area contributed by atoms with E-state index in [0.29, 0.717) is 49.4 Å². The van der Waals surface area contributed by atoms with E-state index in [1.807, 2.05) is 11.9 Å². The van der Waals surface area contributed by atoms with Gasteiger partial charge in [0.25, 0.3) is 5.91 Å². The molecule has 1 atom stereocenters. The Morgan fingerprint density at radius 1 is 1.38 bits per heavy atom. The lowest BCUT2D eigenvalue weighted by molar-refractivity contribution is -0.132. The summed E-state index contributed by atoms with van der Waals surface area (Å²) in [5, 5.41) is 4.03. The molecule has 0 saturated carbocycles. The third kappa shape index (κ3) is 5.42. The number of aryl methyl sites for hydroxylation is 1. The van der Waals surface area contributed by atoms with Crippen molar-refractivity contribution in [2.24, 2.45) is 13.0 Å². The average Bonchev–Trinajstić information content (AvgIpc) is 3.30. The van der Waals surface area contributed by atoms with Gasteiger partial charge in [0.15, 0.2) is 5.82 Å². The van der Waals surface area contributed by atoms with Crippen LogP contribution in [-0.4, -0.2) is 67.0 Å². The number of likely N-dealkylation sites (tertiary alicyclic amines) is 1. The first kappa shape index (κ1) is 21.0. The van der Waals surface area contributed by atoms with Crippen LogP contribution in [0.5, 0.6) is 0 Å². The van der Waals surface area contributed by atoms with Crippen molar-refractivity contribution in [1.82, 2.24) is 29.5 Å². The summed E-state index contributed by atoms with van der Waals surface area (Å²) in [6.45, 7) is 7.47. The number of imidazole rings is 1. The van der Waals surface area contributed by atoms with Crippen molar-refractivity contribution in [3.63, 3.8) is 0 Å². The van der Waals surface area contributed by atoms with Gasteiger partial charge in [-0.2, -0.15) is 4.98 Å². The van der Waals surface area contributed by atoms with Crippen LogP contribution in [0.15, 0.2) is 17.0 Å². The molecule has 1 aliphatic rings. The standard InChI is InChI=1S/C20H30N6O3/c1-14(2)10-19-22-18(23-29-19)7-9-26(15(3)27)16-6-5-8-25(11-16)20(28)17-12-24(4)13-21-17/h12-14,16H,5-11H2,1-4H3. The second-order valence-electron chi connectivity index (χ2n) is 8.14. The summed E-state index contributed by atoms with van der Waals surface area (Å²) in [5.41, 5.74) is 0.437. The summed E-state index contributed by atoms with van der Waals surface area (Å²) in [7, 11) is 1.84. The van der Waals surface area contributed by atoms with Gasteiger partial charge in [0, 0.05) is 58.7 Å². The van der Waals surface area contributed by atoms with Crippen molar-refractivity contribution in [3.05, 3.63) is 29.9 Å². The molecule has 1 unspecified atom stereocenters. The second kappa shape index (κ2) is 9.19. The van der Waals surface area contributed by atoms with Gasteiger partial charge in [-0.3, -0.25) is 9.59 Å². The number of aromatic nitrogens is 4. The molecule has 29 heavy (non-hydrogen) atoms. The van der Waals surface area contributed by atoms with Gasteiger partial charge in [0.05, 0.1) is 6.33 Å². The van der Waals surface area contributed by atoms with Gasteiger partial charge in [-0.15, -0.1) is 0 Å². The quantitative estimate of drug-likeness (QED) is 0.699. The summed E-state index contributed by atoms with van der Waals surface area (Å²) < 4.78 is 7.05. The Labute approximate surface area is 171 Å². The van der Waals surface area contributed by atoms with Crippen molar-refractivity contribution in [2.45, 2.75) is 52.5 Å². The minimum absolute atomic E-state index is 0.00645. The molecule has 3 rings (SSSR count). The first-order valence-electron chi connectivity index (χ1n) is 10.2. The highest BCUT2D eigenvalue weighted by atomic mass is 16.5. The van der Waals surface area contributed by atoms with E-state index >= 15 is 0 Å². The monoisotopic (exact) mass is 402 g/mol. The van der Waals surface area contributed by atoms with Crippen LogP contribution < -0.4 is 0 Å². The number of amides is 2. The average molecular weight is 402 g/mol. The molecule has 1 fully saturated rings. The molecule has 0 radical (unpaired) electrons. The minimum atomic E-state index is -0.0877. The molecule has 0 aliphatic carbocycles. The minimum Gasteiger partial charge on any atom is -0.340 e. The van der Waals surface area contributed by atoms with Crippen LogP contribution in [0.1, 0.15) is 55.8 Å². The molecule has 158 valence electrons. The number of rotatable bonds is 7. The third-order valence-electron chi connectivity index (χ3n) is 5.12. The van der Waals surface area contributed by atoms with Crippen molar-refractivity contribution in [2.75, 3.05) is 19.6 Å². The molecule has 3 heterocycles. The molecule has 0 bridgehead atoms. The fraction of sp³-hybridized carbons (Fsp3) is 0.650. The summed E-state index contributed by atoms with van der Waals surface area (Å²) >= 11 is 0. The van der Waals surface area contributed by atoms with E-state index < -0.39 is 0 Å². The molecule has 0 aromatic carbocycles. The lowest BCUT2D eigenvalue weighted by Crippen LogP contribution is -2.51. The van der Waals surface area contributed by atoms with Gasteiger partial charge < -0.3 is 18.9 Å². The largest absolute Gasteiger partial charge is 0.340 e. The Bertz CT molecular complexity index is 843. The van der Waals surface area contributed by atoms with Gasteiger partial charge in [-0.25, -0.2) is 4.98 Å². The third-order valence-corrected chi connectivity index (χ3v) is 5.12. The van der Waals surface area contributed by atoms with Gasteiger partial charge in [-0.05, 0) is 18.8 Å². The van der Waals surface area contributed by atoms with Gasteiger partial charge in [-0.1, -0.05) is 19.0 Å². The summed E-state index contributed by atoms with van der Waals surface area (Å²) in [6, 6.07) is -0.0176. The maximum atomic E-state index is 12.7. The van der Waals surface area contributed by atoms with Crippen molar-refractivity contribution in [3.8, 4) is 0 Å². The number of hydrogen-bond donors (Lipinski definition) is 0. The van der Waals surface area contributed by atoms with Gasteiger partial charge in [0.2, 0.25) is 11.8 Å². The molecule has 2 aromatic heterocycles. The normalized spacial score (nSPS) is 17.0. The van der Waals surface area contributed by atoms with Crippen molar-refractivity contribution >= 4 is 11.8 Å². The Kier molecular flexibility index (Phi) is 6.66. The molecule has 9 heteroatoms. The first-order valence-corrected chi connectivity index (χ1v) is 10.2. The number of piperidine rings is 1. The van der Waals surface area contributed by atoms with E-state index in [2.05, 4.69) is 29.0 Å². The van der Waals surface area contributed by atoms with Crippen LogP contribution in [0.2, 0.25) is 0 Å². The molecule has 0 N–H and O–H groups in total. The van der Waals surface area contributed by atoms with Crippen LogP contribution >= 0.6 is 0 Å². The van der Waals surface area contributed by atoms with E-state index in [1.165, 1.54) is 0 Å². The van der Waals surface area contributed by atoms with Crippen molar-refractivity contribution in [1.29, 1.82) is 0 Å². The molecule has 0 spiro atoms. The first-order chi connectivity index (χ1) is 13.8. The fourth-order valence-corrected chi connectivity index (χ4v) is 3.72. The lowest BCUT2D eigenvalue weighted by Gasteiger charge is -2.38. The Balaban J connectivity index is 1.61. The Morgan fingerprint density at radius 3 is 2.83 bits per heavy atom. The molecular formula is C20H30N6O3. The predicted octanol–water partition coefficient (Wildman–Crippen LogP) is 1.70. The van der Waals surface area contributed by atoms with E-state index in [9.17, 15) is 9.59 Å². The number of carbonyl (C=O) groups excluding carboxylic acids is 2. The second-order valence-corrected chi connectivity index (χ2v) is 8.14. The number of hydrogen-bond acceptors (Lipinski definition) is 6. The van der Waals surface area contributed by atoms with E-state index in [4.69, 9.17) is 4.52 Å². The summed E-state index contributed by atoms with van der Waals surface area (Å²) in [6.07, 6.45) is 6.35. The highest BCUT2D eigenvalue weighted by molar-refractivity contribution is 5.92. The zero-order valence-corrected chi connectivity index (χ0v) is 17.7.